The van der Waals surface area contributed by atoms with E-state index in [1.54, 1.807) is 36.4 Å². The van der Waals surface area contributed by atoms with Crippen molar-refractivity contribution in [3.63, 3.8) is 0 Å². The number of nitrogens with two attached hydrogens (primary N) is 1. The van der Waals surface area contributed by atoms with E-state index in [9.17, 15) is 9.59 Å². The van der Waals surface area contributed by atoms with Crippen molar-refractivity contribution >= 4 is 17.3 Å². The minimum Gasteiger partial charge on any atom is -0.457 e. The van der Waals surface area contributed by atoms with E-state index in [4.69, 9.17) is 27.3 Å². The van der Waals surface area contributed by atoms with E-state index in [1.807, 2.05) is 6.07 Å². The molecular weight excluding hydrogens is 316 g/mol. The Bertz CT molecular complexity index is 1010. The molecular formula is C17H9ClN2O3. The Balaban J connectivity index is 2.05. The molecule has 0 saturated carbocycles. The molecule has 0 bridgehead atoms. The number of halogens is 1. The average Bonchev–Trinajstić information content (AvgIpc) is 2.57. The summed E-state index contributed by atoms with van der Waals surface area (Å²) in [4.78, 5) is 23.1. The summed E-state index contributed by atoms with van der Waals surface area (Å²) in [7, 11) is 0. The summed E-state index contributed by atoms with van der Waals surface area (Å²) in [5.74, 6) is 0.769. The first-order valence-corrected chi connectivity index (χ1v) is 6.96. The molecule has 3 aromatic rings. The maximum Gasteiger partial charge on any atom is 0.249 e. The first kappa shape index (κ1) is 14.8. The van der Waals surface area contributed by atoms with Crippen molar-refractivity contribution in [2.75, 3.05) is 5.73 Å². The van der Waals surface area contributed by atoms with Gasteiger partial charge in [-0.25, -0.2) is 0 Å². The molecule has 0 aliphatic rings. The Morgan fingerprint density at radius 2 is 1.74 bits per heavy atom. The molecule has 3 rings (SSSR count). The maximum atomic E-state index is 11.7. The fourth-order valence-corrected chi connectivity index (χ4v) is 2.35. The Kier molecular flexibility index (Phi) is 3.61. The van der Waals surface area contributed by atoms with Crippen LogP contribution in [0.5, 0.6) is 11.5 Å². The average molecular weight is 325 g/mol. The normalized spacial score (nSPS) is 10.4. The highest BCUT2D eigenvalue weighted by Gasteiger charge is 2.23. The van der Waals surface area contributed by atoms with Crippen LogP contribution in [0.4, 0.5) is 5.69 Å². The molecule has 0 aromatic heterocycles. The first-order chi connectivity index (χ1) is 11.0. The molecule has 0 aliphatic carbocycles. The van der Waals surface area contributed by atoms with Gasteiger partial charge in [0.1, 0.15) is 11.5 Å². The molecule has 112 valence electrons. The molecule has 6 heteroatoms. The van der Waals surface area contributed by atoms with Gasteiger partial charge in [-0.3, -0.25) is 9.59 Å². The minimum atomic E-state index is -0.695. The fourth-order valence-electron chi connectivity index (χ4n) is 2.19. The largest absolute Gasteiger partial charge is 0.457 e. The van der Waals surface area contributed by atoms with Gasteiger partial charge in [-0.1, -0.05) is 11.6 Å². The molecule has 0 aliphatic heterocycles. The second kappa shape index (κ2) is 5.59. The standard InChI is InChI=1S/C17H9ClN2O3/c18-10-3-6-12(14-15(20)17(22)16(14)21)13(7-10)23-11-4-1-9(8-19)2-5-11/h1-7H,20H2. The Morgan fingerprint density at radius 1 is 1.04 bits per heavy atom. The molecule has 0 heterocycles. The van der Waals surface area contributed by atoms with Gasteiger partial charge in [0.25, 0.3) is 0 Å². The van der Waals surface area contributed by atoms with Crippen LogP contribution in [0.3, 0.4) is 0 Å². The Labute approximate surface area is 135 Å². The number of nitrogens with zero attached hydrogens (tertiary/aromatic N) is 1. The van der Waals surface area contributed by atoms with Gasteiger partial charge < -0.3 is 10.5 Å². The maximum absolute atomic E-state index is 11.7. The molecule has 0 spiro atoms. The van der Waals surface area contributed by atoms with Crippen LogP contribution in [-0.2, 0) is 0 Å². The monoisotopic (exact) mass is 324 g/mol. The van der Waals surface area contributed by atoms with Gasteiger partial charge in [0.15, 0.2) is 0 Å². The van der Waals surface area contributed by atoms with E-state index in [-0.39, 0.29) is 11.3 Å². The molecule has 0 radical (unpaired) electrons. The second-order valence-corrected chi connectivity index (χ2v) is 5.26. The zero-order valence-corrected chi connectivity index (χ0v) is 12.4. The summed E-state index contributed by atoms with van der Waals surface area (Å²) in [6, 6.07) is 13.1. The van der Waals surface area contributed by atoms with E-state index in [2.05, 4.69) is 0 Å². The van der Waals surface area contributed by atoms with Crippen molar-refractivity contribution in [3.8, 4) is 28.7 Å². The number of anilines is 1. The van der Waals surface area contributed by atoms with E-state index < -0.39 is 10.9 Å². The van der Waals surface area contributed by atoms with Gasteiger partial charge in [-0.05, 0) is 36.4 Å². The van der Waals surface area contributed by atoms with Crippen LogP contribution in [0.1, 0.15) is 5.56 Å². The highest BCUT2D eigenvalue weighted by molar-refractivity contribution is 6.30. The Morgan fingerprint density at radius 3 is 2.35 bits per heavy atom. The predicted molar refractivity (Wildman–Crippen MR) is 87.4 cm³/mol. The lowest BCUT2D eigenvalue weighted by Gasteiger charge is -2.14. The van der Waals surface area contributed by atoms with Crippen molar-refractivity contribution in [1.82, 2.24) is 0 Å². The first-order valence-electron chi connectivity index (χ1n) is 6.58. The summed E-state index contributed by atoms with van der Waals surface area (Å²) in [5, 5.41) is 9.21. The summed E-state index contributed by atoms with van der Waals surface area (Å²) < 4.78 is 5.73. The number of ether oxygens (including phenoxy) is 1. The van der Waals surface area contributed by atoms with E-state index in [1.165, 1.54) is 6.07 Å². The summed E-state index contributed by atoms with van der Waals surface area (Å²) in [6.07, 6.45) is 0. The topological polar surface area (TPSA) is 93.2 Å². The SMILES string of the molecule is N#Cc1ccc(Oc2cc(Cl)ccc2-c2c(N)c(=O)c2=O)cc1. The third-order valence-corrected chi connectivity index (χ3v) is 3.61. The van der Waals surface area contributed by atoms with Crippen LogP contribution in [0.25, 0.3) is 11.1 Å². The van der Waals surface area contributed by atoms with Crippen LogP contribution >= 0.6 is 11.6 Å². The van der Waals surface area contributed by atoms with Crippen molar-refractivity contribution < 1.29 is 4.74 Å². The number of nitriles is 1. The molecule has 0 atom stereocenters. The second-order valence-electron chi connectivity index (χ2n) is 4.83. The molecule has 2 N–H and O–H groups in total. The Hall–Kier alpha value is -3.10. The quantitative estimate of drug-likeness (QED) is 0.748. The smallest absolute Gasteiger partial charge is 0.249 e. The van der Waals surface area contributed by atoms with Gasteiger partial charge >= 0.3 is 0 Å². The molecule has 0 unspecified atom stereocenters. The lowest BCUT2D eigenvalue weighted by molar-refractivity contribution is 0.484. The predicted octanol–water partition coefficient (Wildman–Crippen LogP) is 2.85. The molecule has 0 saturated heterocycles. The number of nitrogen functional groups attached to an aromatic ring is 1. The van der Waals surface area contributed by atoms with Crippen molar-refractivity contribution in [3.05, 3.63) is 73.5 Å². The van der Waals surface area contributed by atoms with Crippen LogP contribution in [0, 0.1) is 11.3 Å². The van der Waals surface area contributed by atoms with E-state index in [0.717, 1.165) is 0 Å². The van der Waals surface area contributed by atoms with Gasteiger partial charge in [-0.2, -0.15) is 5.26 Å². The third-order valence-electron chi connectivity index (χ3n) is 3.37. The third kappa shape index (κ3) is 2.56. The van der Waals surface area contributed by atoms with Crippen LogP contribution in [0.2, 0.25) is 5.02 Å². The molecule has 3 aromatic carbocycles. The zero-order valence-electron chi connectivity index (χ0n) is 11.7. The molecule has 23 heavy (non-hydrogen) atoms. The van der Waals surface area contributed by atoms with Crippen LogP contribution < -0.4 is 21.3 Å². The van der Waals surface area contributed by atoms with E-state index >= 15 is 0 Å². The number of hydrogen-bond acceptors (Lipinski definition) is 5. The number of rotatable bonds is 3. The molecule has 5 nitrogen and oxygen atoms in total. The van der Waals surface area contributed by atoms with E-state index in [0.29, 0.717) is 27.6 Å². The molecule has 0 fully saturated rings. The number of benzene rings is 2. The lowest BCUT2D eigenvalue weighted by atomic mass is 9.98. The van der Waals surface area contributed by atoms with Crippen molar-refractivity contribution in [2.24, 2.45) is 0 Å². The van der Waals surface area contributed by atoms with Gasteiger partial charge in [-0.15, -0.1) is 0 Å². The van der Waals surface area contributed by atoms with Crippen LogP contribution in [0.15, 0.2) is 52.1 Å². The van der Waals surface area contributed by atoms with Gasteiger partial charge in [0, 0.05) is 16.7 Å². The van der Waals surface area contributed by atoms with Gasteiger partial charge in [0.05, 0.1) is 22.9 Å². The fraction of sp³-hybridized carbons (Fsp3) is 0. The summed E-state index contributed by atoms with van der Waals surface area (Å²) >= 11 is 5.98. The molecule has 0 amide bonds. The highest BCUT2D eigenvalue weighted by atomic mass is 35.5. The van der Waals surface area contributed by atoms with Crippen molar-refractivity contribution in [2.45, 2.75) is 0 Å². The summed E-state index contributed by atoms with van der Waals surface area (Å²) in [5.41, 5.74) is 5.22. The summed E-state index contributed by atoms with van der Waals surface area (Å²) in [6.45, 7) is 0. The highest BCUT2D eigenvalue weighted by Crippen LogP contribution is 2.36. The van der Waals surface area contributed by atoms with Crippen LogP contribution in [-0.4, -0.2) is 0 Å². The minimum absolute atomic E-state index is 0.0815. The zero-order chi connectivity index (χ0) is 16.6. The number of hydrogen-bond donors (Lipinski definition) is 1. The van der Waals surface area contributed by atoms with Gasteiger partial charge in [0.2, 0.25) is 10.9 Å². The lowest BCUT2D eigenvalue weighted by Crippen LogP contribution is -2.35. The van der Waals surface area contributed by atoms with Crippen molar-refractivity contribution in [1.29, 1.82) is 5.26 Å².